The van der Waals surface area contributed by atoms with Gasteiger partial charge < -0.3 is 34.3 Å². The van der Waals surface area contributed by atoms with Crippen LogP contribution in [0.5, 0.6) is 0 Å². The van der Waals surface area contributed by atoms with Gasteiger partial charge >= 0.3 is 16.4 Å². The molecule has 0 bridgehead atoms. The van der Waals surface area contributed by atoms with E-state index in [-0.39, 0.29) is 19.6 Å². The Morgan fingerprint density at radius 3 is 1.30 bits per heavy atom. The summed E-state index contributed by atoms with van der Waals surface area (Å²) < 4.78 is 59.4. The first kappa shape index (κ1) is 68.5. The first-order valence-corrected chi connectivity index (χ1v) is 29.7. The number of hydrogen-bond donors (Lipinski definition) is 4. The molecule has 422 valence electrons. The second-order valence-electron chi connectivity index (χ2n) is 18.8. The summed E-state index contributed by atoms with van der Waals surface area (Å²) in [5, 5.41) is 30.8. The molecule has 6 atom stereocenters. The zero-order valence-corrected chi connectivity index (χ0v) is 46.4. The highest BCUT2D eigenvalue weighted by molar-refractivity contribution is 7.80. The van der Waals surface area contributed by atoms with Crippen LogP contribution in [0.25, 0.3) is 0 Å². The molecule has 12 nitrogen and oxygen atoms in total. The van der Waals surface area contributed by atoms with Crippen molar-refractivity contribution in [1.82, 2.24) is 0 Å². The minimum absolute atomic E-state index is 0.0126. The van der Waals surface area contributed by atoms with E-state index in [9.17, 15) is 33.1 Å². The number of ether oxygens (including phenoxy) is 4. The average Bonchev–Trinajstić information content (AvgIpc) is 3.38. The number of carbonyl (C=O) groups is 1. The maximum Gasteiger partial charge on any atom is 0.397 e. The van der Waals surface area contributed by atoms with E-state index in [2.05, 4.69) is 140 Å². The molecule has 0 amide bonds. The van der Waals surface area contributed by atoms with Gasteiger partial charge in [0.25, 0.3) is 0 Å². The van der Waals surface area contributed by atoms with E-state index >= 15 is 0 Å². The molecule has 0 aromatic carbocycles. The summed E-state index contributed by atoms with van der Waals surface area (Å²) >= 11 is 0. The third-order valence-electron chi connectivity index (χ3n) is 12.1. The highest BCUT2D eigenvalue weighted by Gasteiger charge is 2.48. The van der Waals surface area contributed by atoms with E-state index in [1.807, 2.05) is 0 Å². The largest absolute Gasteiger partial charge is 0.457 e. The maximum atomic E-state index is 13.0. The lowest BCUT2D eigenvalue weighted by Gasteiger charge is -2.41. The first-order chi connectivity index (χ1) is 36.1. The van der Waals surface area contributed by atoms with Crippen LogP contribution >= 0.6 is 0 Å². The van der Waals surface area contributed by atoms with Crippen molar-refractivity contribution in [2.75, 3.05) is 26.4 Å². The van der Waals surface area contributed by atoms with E-state index in [0.717, 1.165) is 128 Å². The summed E-state index contributed by atoms with van der Waals surface area (Å²) in [4.78, 5) is 13.0. The van der Waals surface area contributed by atoms with Crippen molar-refractivity contribution in [3.8, 4) is 0 Å². The van der Waals surface area contributed by atoms with E-state index in [0.29, 0.717) is 13.0 Å². The second kappa shape index (κ2) is 50.3. The highest BCUT2D eigenvalue weighted by atomic mass is 32.3. The number of aliphatic hydroxyl groups is 3. The fourth-order valence-corrected chi connectivity index (χ4v) is 8.41. The summed E-state index contributed by atoms with van der Waals surface area (Å²) in [5.41, 5.74) is 0. The van der Waals surface area contributed by atoms with Crippen molar-refractivity contribution >= 4 is 16.4 Å². The van der Waals surface area contributed by atoms with Gasteiger partial charge in [-0.15, -0.1) is 0 Å². The number of aliphatic hydroxyl groups excluding tert-OH is 3. The zero-order valence-electron chi connectivity index (χ0n) is 45.6. The molecule has 1 aliphatic rings. The number of unbranched alkanes of at least 4 members (excludes halogenated alkanes) is 15. The first-order valence-electron chi connectivity index (χ1n) is 28.3. The molecule has 0 aromatic rings. The van der Waals surface area contributed by atoms with Gasteiger partial charge in [-0.1, -0.05) is 206 Å². The van der Waals surface area contributed by atoms with Crippen LogP contribution in [-0.4, -0.2) is 97.5 Å². The van der Waals surface area contributed by atoms with Crippen molar-refractivity contribution in [2.45, 2.75) is 230 Å². The molecular formula is C61H100O12S. The normalized spacial score (nSPS) is 19.7. The zero-order chi connectivity index (χ0) is 53.8. The van der Waals surface area contributed by atoms with Crippen LogP contribution in [0.4, 0.5) is 0 Å². The van der Waals surface area contributed by atoms with Crippen LogP contribution in [0.3, 0.4) is 0 Å². The molecule has 74 heavy (non-hydrogen) atoms. The molecule has 0 aliphatic carbocycles. The van der Waals surface area contributed by atoms with E-state index in [1.165, 1.54) is 38.5 Å². The Bertz CT molecular complexity index is 1740. The van der Waals surface area contributed by atoms with Gasteiger partial charge in [0.1, 0.15) is 30.5 Å². The molecule has 1 aliphatic heterocycles. The van der Waals surface area contributed by atoms with Crippen LogP contribution < -0.4 is 0 Å². The second-order valence-corrected chi connectivity index (χ2v) is 19.8. The van der Waals surface area contributed by atoms with E-state index < -0.39 is 59.8 Å². The van der Waals surface area contributed by atoms with Crippen LogP contribution in [0.15, 0.2) is 122 Å². The summed E-state index contributed by atoms with van der Waals surface area (Å²) in [6.07, 6.45) is 63.7. The Kier molecular flexibility index (Phi) is 46.6. The number of carbonyl (C=O) groups excluding carboxylic acids is 1. The van der Waals surface area contributed by atoms with Crippen LogP contribution in [0, 0.1) is 0 Å². The van der Waals surface area contributed by atoms with Crippen molar-refractivity contribution in [2.24, 2.45) is 0 Å². The molecule has 0 radical (unpaired) electrons. The molecule has 1 heterocycles. The SMILES string of the molecule is CC/C=C\C/C=C\C/C=C\C/C=C\C/C=C\C/C=C\CCCCCCCOCC(COC1OC(CO)C(O)C(OS(=O)(=O)O)C1O)OC(=O)CCCCCCCCCCCC/C=C\C/C=C\C/C=C\C/C=C\CC. The monoisotopic (exact) mass is 1060 g/mol. The average molecular weight is 1060 g/mol. The van der Waals surface area contributed by atoms with Gasteiger partial charge in [-0.3, -0.25) is 9.35 Å². The molecule has 1 saturated heterocycles. The Hall–Kier alpha value is -3.50. The third-order valence-corrected chi connectivity index (χ3v) is 12.5. The number of allylic oxidation sites excluding steroid dienone is 20. The van der Waals surface area contributed by atoms with Crippen LogP contribution in [0.1, 0.15) is 194 Å². The summed E-state index contributed by atoms with van der Waals surface area (Å²) in [6.45, 7) is 3.71. The Labute approximate surface area is 449 Å². The van der Waals surface area contributed by atoms with Gasteiger partial charge in [0, 0.05) is 13.0 Å². The Morgan fingerprint density at radius 1 is 0.514 bits per heavy atom. The minimum atomic E-state index is -5.08. The predicted molar refractivity (Wildman–Crippen MR) is 303 cm³/mol. The number of rotatable bonds is 48. The minimum Gasteiger partial charge on any atom is -0.457 e. The Morgan fingerprint density at radius 2 is 0.892 bits per heavy atom. The summed E-state index contributed by atoms with van der Waals surface area (Å²) in [5.74, 6) is -0.416. The molecule has 4 N–H and O–H groups in total. The fourth-order valence-electron chi connectivity index (χ4n) is 7.90. The molecule has 0 aromatic heterocycles. The lowest BCUT2D eigenvalue weighted by Crippen LogP contribution is -2.60. The molecular weight excluding hydrogens is 957 g/mol. The summed E-state index contributed by atoms with van der Waals surface area (Å²) in [7, 11) is -5.08. The lowest BCUT2D eigenvalue weighted by molar-refractivity contribution is -0.301. The quantitative estimate of drug-likeness (QED) is 0.0196. The van der Waals surface area contributed by atoms with E-state index in [4.69, 9.17) is 18.9 Å². The van der Waals surface area contributed by atoms with Crippen LogP contribution in [-0.2, 0) is 38.3 Å². The third kappa shape index (κ3) is 42.7. The van der Waals surface area contributed by atoms with Gasteiger partial charge in [-0.05, 0) is 103 Å². The van der Waals surface area contributed by atoms with Crippen molar-refractivity contribution in [3.05, 3.63) is 122 Å². The highest BCUT2D eigenvalue weighted by Crippen LogP contribution is 2.26. The lowest BCUT2D eigenvalue weighted by atomic mass is 9.99. The van der Waals surface area contributed by atoms with E-state index in [1.54, 1.807) is 0 Å². The van der Waals surface area contributed by atoms with Gasteiger partial charge in [0.15, 0.2) is 6.29 Å². The molecule has 6 unspecified atom stereocenters. The van der Waals surface area contributed by atoms with Crippen molar-refractivity contribution in [3.63, 3.8) is 0 Å². The molecule has 0 saturated carbocycles. The topological polar surface area (TPSA) is 178 Å². The molecule has 13 heteroatoms. The van der Waals surface area contributed by atoms with Crippen molar-refractivity contribution < 1.29 is 56.2 Å². The van der Waals surface area contributed by atoms with Crippen molar-refractivity contribution in [1.29, 1.82) is 0 Å². The Balaban J connectivity index is 2.35. The molecule has 1 rings (SSSR count). The van der Waals surface area contributed by atoms with Gasteiger partial charge in [-0.25, -0.2) is 4.18 Å². The molecule has 1 fully saturated rings. The smallest absolute Gasteiger partial charge is 0.397 e. The van der Waals surface area contributed by atoms with Crippen LogP contribution in [0.2, 0.25) is 0 Å². The maximum absolute atomic E-state index is 13.0. The van der Waals surface area contributed by atoms with Gasteiger partial charge in [-0.2, -0.15) is 8.42 Å². The standard InChI is InChI=1S/C61H100O12S/c1-3-5-7-9-11-13-15-17-19-21-23-25-27-29-31-33-35-37-39-41-43-45-47-49-51-69-53-55(54-70-61-59(65)60(73-74(66,67)68)58(64)56(52-62)72-61)71-57(63)50-48-46-44-42-40-38-36-34-32-30-28-26-24-22-20-18-16-14-12-10-8-6-4-2/h5-8,11-14,17-20,23-26,29,31,35,37,55-56,58-62,64-65H,3-4,9-10,15-16,21-22,27-28,30,32-34,36,38-54H2,1-2H3,(H,66,67,68)/b7-5-,8-6-,13-11-,14-12-,19-17-,20-18-,25-23-,26-24-,31-29-,37-35-. The number of esters is 1. The number of hydrogen-bond acceptors (Lipinski definition) is 11. The van der Waals surface area contributed by atoms with Gasteiger partial charge in [0.05, 0.1) is 19.8 Å². The summed E-state index contributed by atoms with van der Waals surface area (Å²) in [6, 6.07) is 0. The predicted octanol–water partition coefficient (Wildman–Crippen LogP) is 14.1. The fraction of sp³-hybridized carbons (Fsp3) is 0.656. The molecule has 0 spiro atoms. The van der Waals surface area contributed by atoms with Gasteiger partial charge in [0.2, 0.25) is 0 Å².